The molecule has 148 valence electrons. The van der Waals surface area contributed by atoms with Gasteiger partial charge < -0.3 is 14.3 Å². The number of anilines is 1. The second-order valence-electron chi connectivity index (χ2n) is 7.35. The third-order valence-electron chi connectivity index (χ3n) is 4.77. The lowest BCUT2D eigenvalue weighted by Crippen LogP contribution is -2.19. The van der Waals surface area contributed by atoms with Crippen molar-refractivity contribution in [2.24, 2.45) is 0 Å². The molecule has 0 aliphatic rings. The molecule has 0 spiro atoms. The molecule has 0 aliphatic carbocycles. The molecule has 0 saturated heterocycles. The zero-order chi connectivity index (χ0) is 20.4. The molecule has 6 nitrogen and oxygen atoms in total. The lowest BCUT2D eigenvalue weighted by atomic mass is 10.1. The number of rotatable bonds is 6. The maximum absolute atomic E-state index is 12.8. The van der Waals surface area contributed by atoms with Gasteiger partial charge in [-0.1, -0.05) is 31.2 Å². The number of carbonyl (C=O) groups excluding carboxylic acids is 1. The van der Waals surface area contributed by atoms with Crippen molar-refractivity contribution >= 4 is 22.5 Å². The molecule has 0 radical (unpaired) electrons. The summed E-state index contributed by atoms with van der Waals surface area (Å²) in [5.74, 6) is 0.939. The number of hydrogen-bond donors (Lipinski definition) is 1. The van der Waals surface area contributed by atoms with Crippen molar-refractivity contribution in [3.63, 3.8) is 0 Å². The fourth-order valence-corrected chi connectivity index (χ4v) is 3.62. The number of nitrogens with one attached hydrogen (secondary N) is 1. The van der Waals surface area contributed by atoms with Gasteiger partial charge in [-0.3, -0.25) is 4.79 Å². The fraction of sp³-hybridized carbons (Fsp3) is 0.261. The molecule has 2 heterocycles. The lowest BCUT2D eigenvalue weighted by Gasteiger charge is -2.11. The summed E-state index contributed by atoms with van der Waals surface area (Å²) >= 11 is 0. The Morgan fingerprint density at radius 3 is 2.59 bits per heavy atom. The average Bonchev–Trinajstić information content (AvgIpc) is 3.26. The molecule has 4 rings (SSSR count). The number of hydrogen-bond acceptors (Lipinski definition) is 4. The molecule has 0 aliphatic heterocycles. The Morgan fingerprint density at radius 1 is 1.07 bits per heavy atom. The number of para-hydroxylation sites is 1. The van der Waals surface area contributed by atoms with Crippen LogP contribution in [0.1, 0.15) is 30.4 Å². The number of nitrogens with zero attached hydrogens (tertiary/aromatic N) is 3. The van der Waals surface area contributed by atoms with E-state index in [4.69, 9.17) is 4.42 Å². The highest BCUT2D eigenvalue weighted by Crippen LogP contribution is 2.28. The van der Waals surface area contributed by atoms with Crippen LogP contribution < -0.4 is 5.32 Å². The minimum atomic E-state index is -0.106. The topological polar surface area (TPSA) is 73.0 Å². The predicted octanol–water partition coefficient (Wildman–Crippen LogP) is 4.90. The van der Waals surface area contributed by atoms with Gasteiger partial charge in [-0.2, -0.15) is 0 Å². The molecule has 0 atom stereocenters. The van der Waals surface area contributed by atoms with Gasteiger partial charge in [0.2, 0.25) is 11.8 Å². The molecule has 0 saturated carbocycles. The molecule has 1 amide bonds. The molecular weight excluding hydrogens is 364 g/mol. The fourth-order valence-electron chi connectivity index (χ4n) is 3.62. The number of benzene rings is 2. The Bertz CT molecular complexity index is 1150. The van der Waals surface area contributed by atoms with E-state index in [0.29, 0.717) is 11.8 Å². The number of amides is 1. The van der Waals surface area contributed by atoms with Crippen LogP contribution >= 0.6 is 0 Å². The first-order chi connectivity index (χ1) is 14.0. The number of aryl methyl sites for hydroxylation is 3. The quantitative estimate of drug-likeness (QED) is 0.510. The van der Waals surface area contributed by atoms with Gasteiger partial charge in [-0.15, -0.1) is 10.2 Å². The van der Waals surface area contributed by atoms with Gasteiger partial charge in [-0.05, 0) is 55.7 Å². The Labute approximate surface area is 169 Å². The minimum absolute atomic E-state index is 0.106. The lowest BCUT2D eigenvalue weighted by molar-refractivity contribution is -0.116. The first-order valence-electron chi connectivity index (χ1n) is 9.82. The molecule has 0 unspecified atom stereocenters. The van der Waals surface area contributed by atoms with E-state index in [1.807, 2.05) is 60.9 Å². The van der Waals surface area contributed by atoms with E-state index < -0.39 is 0 Å². The summed E-state index contributed by atoms with van der Waals surface area (Å²) in [6.45, 7) is 6.26. The third-order valence-corrected chi connectivity index (χ3v) is 4.77. The average molecular weight is 388 g/mol. The highest BCUT2D eigenvalue weighted by atomic mass is 16.4. The van der Waals surface area contributed by atoms with Gasteiger partial charge in [-0.25, -0.2) is 0 Å². The smallest absolute Gasteiger partial charge is 0.264 e. The molecule has 29 heavy (non-hydrogen) atoms. The SMILES string of the molecule is CCCc1nnc(-c2cc3ccccc3n2CC(=O)Nc2cc(C)cc(C)c2)o1. The van der Waals surface area contributed by atoms with E-state index in [-0.39, 0.29) is 12.5 Å². The molecule has 2 aromatic heterocycles. The van der Waals surface area contributed by atoms with Crippen LogP contribution in [0.25, 0.3) is 22.5 Å². The molecule has 1 N–H and O–H groups in total. The summed E-state index contributed by atoms with van der Waals surface area (Å²) in [5.41, 5.74) is 4.72. The summed E-state index contributed by atoms with van der Waals surface area (Å²) in [5, 5.41) is 12.4. The van der Waals surface area contributed by atoms with Gasteiger partial charge in [0, 0.05) is 23.0 Å². The Morgan fingerprint density at radius 2 is 1.83 bits per heavy atom. The minimum Gasteiger partial charge on any atom is -0.419 e. The van der Waals surface area contributed by atoms with Crippen LogP contribution in [0.4, 0.5) is 5.69 Å². The van der Waals surface area contributed by atoms with Crippen molar-refractivity contribution < 1.29 is 9.21 Å². The van der Waals surface area contributed by atoms with Crippen molar-refractivity contribution in [1.82, 2.24) is 14.8 Å². The van der Waals surface area contributed by atoms with Crippen LogP contribution in [-0.4, -0.2) is 20.7 Å². The van der Waals surface area contributed by atoms with Gasteiger partial charge >= 0.3 is 0 Å². The molecule has 4 aromatic rings. The van der Waals surface area contributed by atoms with Gasteiger partial charge in [0.15, 0.2) is 0 Å². The standard InChI is InChI=1S/C23H24N4O2/c1-4-7-22-25-26-23(29-22)20-13-17-8-5-6-9-19(17)27(20)14-21(28)24-18-11-15(2)10-16(3)12-18/h5-6,8-13H,4,7,14H2,1-3H3,(H,24,28). The van der Waals surface area contributed by atoms with E-state index in [1.54, 1.807) is 0 Å². The largest absolute Gasteiger partial charge is 0.419 e. The van der Waals surface area contributed by atoms with Crippen LogP contribution in [0.5, 0.6) is 0 Å². The van der Waals surface area contributed by atoms with E-state index in [9.17, 15) is 4.79 Å². The summed E-state index contributed by atoms with van der Waals surface area (Å²) in [4.78, 5) is 12.8. The number of fused-ring (bicyclic) bond motifs is 1. The van der Waals surface area contributed by atoms with E-state index in [0.717, 1.165) is 46.3 Å². The zero-order valence-electron chi connectivity index (χ0n) is 16.9. The van der Waals surface area contributed by atoms with Crippen molar-refractivity contribution in [3.8, 4) is 11.6 Å². The third kappa shape index (κ3) is 4.06. The second-order valence-corrected chi connectivity index (χ2v) is 7.35. The van der Waals surface area contributed by atoms with E-state index in [1.165, 1.54) is 0 Å². The molecule has 6 heteroatoms. The summed E-state index contributed by atoms with van der Waals surface area (Å²) in [6.07, 6.45) is 1.67. The number of carbonyl (C=O) groups is 1. The van der Waals surface area contributed by atoms with Crippen LogP contribution in [0.2, 0.25) is 0 Å². The van der Waals surface area contributed by atoms with Gasteiger partial charge in [0.1, 0.15) is 12.2 Å². The van der Waals surface area contributed by atoms with Crippen molar-refractivity contribution in [2.45, 2.75) is 40.2 Å². The Kier molecular flexibility index (Phi) is 5.16. The van der Waals surface area contributed by atoms with Crippen LogP contribution in [-0.2, 0) is 17.8 Å². The van der Waals surface area contributed by atoms with Crippen LogP contribution in [0.3, 0.4) is 0 Å². The van der Waals surface area contributed by atoms with Crippen LogP contribution in [0, 0.1) is 13.8 Å². The second kappa shape index (κ2) is 7.91. The van der Waals surface area contributed by atoms with E-state index >= 15 is 0 Å². The van der Waals surface area contributed by atoms with Crippen molar-refractivity contribution in [3.05, 3.63) is 65.5 Å². The Balaban J connectivity index is 1.67. The monoisotopic (exact) mass is 388 g/mol. The summed E-state index contributed by atoms with van der Waals surface area (Å²) < 4.78 is 7.76. The maximum Gasteiger partial charge on any atom is 0.264 e. The van der Waals surface area contributed by atoms with Crippen molar-refractivity contribution in [2.75, 3.05) is 5.32 Å². The molecule has 0 fully saturated rings. The number of aromatic nitrogens is 3. The van der Waals surface area contributed by atoms with E-state index in [2.05, 4.69) is 28.5 Å². The predicted molar refractivity (Wildman–Crippen MR) is 114 cm³/mol. The molecule has 0 bridgehead atoms. The Hall–Kier alpha value is -3.41. The van der Waals surface area contributed by atoms with Gasteiger partial charge in [0.05, 0.1) is 0 Å². The highest BCUT2D eigenvalue weighted by molar-refractivity contribution is 5.93. The zero-order valence-corrected chi connectivity index (χ0v) is 16.9. The molecular formula is C23H24N4O2. The summed E-state index contributed by atoms with van der Waals surface area (Å²) in [6, 6.07) is 15.9. The van der Waals surface area contributed by atoms with Crippen molar-refractivity contribution in [1.29, 1.82) is 0 Å². The highest BCUT2D eigenvalue weighted by Gasteiger charge is 2.18. The maximum atomic E-state index is 12.8. The normalized spacial score (nSPS) is 11.1. The first-order valence-corrected chi connectivity index (χ1v) is 9.82. The first kappa shape index (κ1) is 18.9. The van der Waals surface area contributed by atoms with Crippen LogP contribution in [0.15, 0.2) is 52.9 Å². The van der Waals surface area contributed by atoms with Gasteiger partial charge in [0.25, 0.3) is 5.89 Å². The summed E-state index contributed by atoms with van der Waals surface area (Å²) in [7, 11) is 0. The molecule has 2 aromatic carbocycles.